The summed E-state index contributed by atoms with van der Waals surface area (Å²) in [7, 11) is 0. The maximum absolute atomic E-state index is 11.5. The molecule has 1 saturated heterocycles. The van der Waals surface area contributed by atoms with Crippen LogP contribution >= 0.6 is 0 Å². The Morgan fingerprint density at radius 3 is 2.95 bits per heavy atom. The molecule has 6 heteroatoms. The standard InChI is InChI=1S/C16H20N4O2/c1-10-5-4-8-20(14(10)16(21)22)9-13-18-12-7-3-2-6-11(12)15(17)19-13/h2-3,6-7,10,14H,4-5,8-9H2,1H3,(H,21,22)(H2,17,18,19)/t10-,14+/m1/s1. The van der Waals surface area contributed by atoms with Crippen LogP contribution in [0.1, 0.15) is 25.6 Å². The van der Waals surface area contributed by atoms with E-state index in [0.29, 0.717) is 18.2 Å². The van der Waals surface area contributed by atoms with Crippen molar-refractivity contribution < 1.29 is 9.90 Å². The number of para-hydroxylation sites is 1. The highest BCUT2D eigenvalue weighted by Gasteiger charge is 2.34. The van der Waals surface area contributed by atoms with Gasteiger partial charge < -0.3 is 10.8 Å². The zero-order valence-corrected chi connectivity index (χ0v) is 12.6. The van der Waals surface area contributed by atoms with Gasteiger partial charge in [-0.2, -0.15) is 0 Å². The van der Waals surface area contributed by atoms with E-state index in [1.54, 1.807) is 0 Å². The van der Waals surface area contributed by atoms with Crippen molar-refractivity contribution >= 4 is 22.7 Å². The van der Waals surface area contributed by atoms with Crippen molar-refractivity contribution in [1.82, 2.24) is 14.9 Å². The van der Waals surface area contributed by atoms with Crippen LogP contribution in [0.15, 0.2) is 24.3 Å². The number of likely N-dealkylation sites (tertiary alicyclic amines) is 1. The first kappa shape index (κ1) is 14.7. The molecule has 1 fully saturated rings. The van der Waals surface area contributed by atoms with Gasteiger partial charge in [-0.25, -0.2) is 9.97 Å². The van der Waals surface area contributed by atoms with E-state index in [-0.39, 0.29) is 5.92 Å². The fourth-order valence-corrected chi connectivity index (χ4v) is 3.25. The van der Waals surface area contributed by atoms with Gasteiger partial charge in [0.2, 0.25) is 0 Å². The number of fused-ring (bicyclic) bond motifs is 1. The number of anilines is 1. The number of carboxylic acid groups (broad SMARTS) is 1. The van der Waals surface area contributed by atoms with E-state index in [9.17, 15) is 9.90 Å². The number of nitrogens with two attached hydrogens (primary N) is 1. The van der Waals surface area contributed by atoms with Gasteiger partial charge in [0.25, 0.3) is 0 Å². The fraction of sp³-hybridized carbons (Fsp3) is 0.438. The molecule has 1 aromatic heterocycles. The normalized spacial score (nSPS) is 22.8. The summed E-state index contributed by atoms with van der Waals surface area (Å²) in [6, 6.07) is 7.10. The first-order valence-electron chi connectivity index (χ1n) is 7.54. The van der Waals surface area contributed by atoms with Crippen LogP contribution in [0, 0.1) is 5.92 Å². The van der Waals surface area contributed by atoms with Crippen LogP contribution in [0.3, 0.4) is 0 Å². The molecule has 1 aliphatic rings. The third-order valence-corrected chi connectivity index (χ3v) is 4.31. The number of benzene rings is 1. The minimum Gasteiger partial charge on any atom is -0.480 e. The minimum absolute atomic E-state index is 0.129. The number of hydrogen-bond donors (Lipinski definition) is 2. The molecular formula is C16H20N4O2. The van der Waals surface area contributed by atoms with E-state index >= 15 is 0 Å². The summed E-state index contributed by atoms with van der Waals surface area (Å²) >= 11 is 0. The average molecular weight is 300 g/mol. The van der Waals surface area contributed by atoms with Crippen molar-refractivity contribution in [3.05, 3.63) is 30.1 Å². The number of aliphatic carboxylic acids is 1. The number of nitrogen functional groups attached to an aromatic ring is 1. The molecule has 0 unspecified atom stereocenters. The molecule has 22 heavy (non-hydrogen) atoms. The largest absolute Gasteiger partial charge is 0.480 e. The van der Waals surface area contributed by atoms with Crippen molar-refractivity contribution in [2.45, 2.75) is 32.4 Å². The van der Waals surface area contributed by atoms with Crippen LogP contribution in [0.4, 0.5) is 5.82 Å². The van der Waals surface area contributed by atoms with Gasteiger partial charge in [0.15, 0.2) is 0 Å². The zero-order chi connectivity index (χ0) is 15.7. The lowest BCUT2D eigenvalue weighted by Crippen LogP contribution is -2.48. The topological polar surface area (TPSA) is 92.3 Å². The van der Waals surface area contributed by atoms with Crippen LogP contribution in [-0.2, 0) is 11.3 Å². The highest BCUT2D eigenvalue weighted by Crippen LogP contribution is 2.25. The summed E-state index contributed by atoms with van der Waals surface area (Å²) in [5.41, 5.74) is 6.79. The maximum atomic E-state index is 11.5. The molecule has 3 N–H and O–H groups in total. The van der Waals surface area contributed by atoms with Crippen molar-refractivity contribution in [3.8, 4) is 0 Å². The fourth-order valence-electron chi connectivity index (χ4n) is 3.25. The van der Waals surface area contributed by atoms with Gasteiger partial charge in [-0.15, -0.1) is 0 Å². The Kier molecular flexibility index (Phi) is 3.94. The highest BCUT2D eigenvalue weighted by atomic mass is 16.4. The van der Waals surface area contributed by atoms with Crippen molar-refractivity contribution in [2.24, 2.45) is 5.92 Å². The van der Waals surface area contributed by atoms with E-state index in [4.69, 9.17) is 5.73 Å². The molecule has 6 nitrogen and oxygen atoms in total. The second-order valence-corrected chi connectivity index (χ2v) is 5.92. The molecule has 2 aromatic rings. The Labute approximate surface area is 129 Å². The Morgan fingerprint density at radius 1 is 1.41 bits per heavy atom. The molecule has 2 atom stereocenters. The van der Waals surface area contributed by atoms with Crippen LogP contribution in [0.5, 0.6) is 0 Å². The first-order valence-corrected chi connectivity index (χ1v) is 7.54. The molecule has 0 aliphatic carbocycles. The zero-order valence-electron chi connectivity index (χ0n) is 12.6. The van der Waals surface area contributed by atoms with Gasteiger partial charge in [-0.3, -0.25) is 9.69 Å². The maximum Gasteiger partial charge on any atom is 0.321 e. The quantitative estimate of drug-likeness (QED) is 0.899. The summed E-state index contributed by atoms with van der Waals surface area (Å²) in [4.78, 5) is 22.4. The summed E-state index contributed by atoms with van der Waals surface area (Å²) in [6.45, 7) is 3.15. The number of carboxylic acids is 1. The van der Waals surface area contributed by atoms with Gasteiger partial charge in [-0.05, 0) is 37.4 Å². The third-order valence-electron chi connectivity index (χ3n) is 4.31. The van der Waals surface area contributed by atoms with Crippen LogP contribution in [0.25, 0.3) is 10.9 Å². The lowest BCUT2D eigenvalue weighted by Gasteiger charge is -2.36. The van der Waals surface area contributed by atoms with E-state index in [1.807, 2.05) is 36.1 Å². The summed E-state index contributed by atoms with van der Waals surface area (Å²) < 4.78 is 0. The molecule has 2 heterocycles. The third kappa shape index (κ3) is 2.74. The second kappa shape index (κ2) is 5.88. The van der Waals surface area contributed by atoms with E-state index in [1.165, 1.54) is 0 Å². The molecule has 3 rings (SSSR count). The lowest BCUT2D eigenvalue weighted by atomic mass is 9.91. The molecule has 0 radical (unpaired) electrons. The summed E-state index contributed by atoms with van der Waals surface area (Å²) in [6.07, 6.45) is 1.93. The summed E-state index contributed by atoms with van der Waals surface area (Å²) in [5, 5.41) is 10.3. The number of carbonyl (C=O) groups is 1. The Morgan fingerprint density at radius 2 is 2.18 bits per heavy atom. The number of nitrogens with zero attached hydrogens (tertiary/aromatic N) is 3. The van der Waals surface area contributed by atoms with Crippen molar-refractivity contribution in [1.29, 1.82) is 0 Å². The first-order chi connectivity index (χ1) is 10.6. The van der Waals surface area contributed by atoms with E-state index in [0.717, 1.165) is 30.3 Å². The van der Waals surface area contributed by atoms with Gasteiger partial charge >= 0.3 is 5.97 Å². The average Bonchev–Trinajstić information content (AvgIpc) is 2.47. The number of piperidine rings is 1. The van der Waals surface area contributed by atoms with Crippen LogP contribution in [-0.4, -0.2) is 38.5 Å². The van der Waals surface area contributed by atoms with E-state index in [2.05, 4.69) is 9.97 Å². The van der Waals surface area contributed by atoms with Gasteiger partial charge in [-0.1, -0.05) is 19.1 Å². The van der Waals surface area contributed by atoms with Crippen LogP contribution < -0.4 is 5.73 Å². The Bertz CT molecular complexity index is 704. The number of aromatic nitrogens is 2. The number of hydrogen-bond acceptors (Lipinski definition) is 5. The Balaban J connectivity index is 1.90. The van der Waals surface area contributed by atoms with Gasteiger partial charge in [0.1, 0.15) is 17.7 Å². The SMILES string of the molecule is C[C@@H]1CCCN(Cc2nc(N)c3ccccc3n2)[C@@H]1C(=O)O. The Hall–Kier alpha value is -2.21. The molecule has 0 bridgehead atoms. The molecule has 1 aliphatic heterocycles. The van der Waals surface area contributed by atoms with E-state index < -0.39 is 12.0 Å². The van der Waals surface area contributed by atoms with Crippen molar-refractivity contribution in [3.63, 3.8) is 0 Å². The number of rotatable bonds is 3. The lowest BCUT2D eigenvalue weighted by molar-refractivity contribution is -0.147. The minimum atomic E-state index is -0.777. The smallest absolute Gasteiger partial charge is 0.321 e. The molecule has 0 saturated carbocycles. The van der Waals surface area contributed by atoms with Crippen LogP contribution in [0.2, 0.25) is 0 Å². The van der Waals surface area contributed by atoms with Crippen molar-refractivity contribution in [2.75, 3.05) is 12.3 Å². The molecule has 0 spiro atoms. The predicted molar refractivity (Wildman–Crippen MR) is 84.2 cm³/mol. The second-order valence-electron chi connectivity index (χ2n) is 5.92. The van der Waals surface area contributed by atoms with Gasteiger partial charge in [0, 0.05) is 5.39 Å². The molecule has 1 aromatic carbocycles. The summed E-state index contributed by atoms with van der Waals surface area (Å²) in [5.74, 6) is 0.374. The predicted octanol–water partition coefficient (Wildman–Crippen LogP) is 1.90. The molecule has 116 valence electrons. The highest BCUT2D eigenvalue weighted by molar-refractivity contribution is 5.87. The monoisotopic (exact) mass is 300 g/mol. The molecular weight excluding hydrogens is 280 g/mol. The van der Waals surface area contributed by atoms with Gasteiger partial charge in [0.05, 0.1) is 12.1 Å². The molecule has 0 amide bonds.